The van der Waals surface area contributed by atoms with Gasteiger partial charge in [-0.05, 0) is 18.5 Å². The minimum atomic E-state index is 0.196. The van der Waals surface area contributed by atoms with Gasteiger partial charge in [0, 0.05) is 19.6 Å². The normalized spacial score (nSPS) is 21.6. The van der Waals surface area contributed by atoms with Gasteiger partial charge in [0.15, 0.2) is 0 Å². The summed E-state index contributed by atoms with van der Waals surface area (Å²) in [6.45, 7) is 3.46. The van der Waals surface area contributed by atoms with Gasteiger partial charge in [0.05, 0.1) is 19.3 Å². The summed E-state index contributed by atoms with van der Waals surface area (Å²) < 4.78 is 11.0. The lowest BCUT2D eigenvalue weighted by Gasteiger charge is -2.23. The van der Waals surface area contributed by atoms with Crippen LogP contribution in [0.2, 0.25) is 0 Å². The zero-order valence-corrected chi connectivity index (χ0v) is 10.4. The van der Waals surface area contributed by atoms with Crippen molar-refractivity contribution in [3.8, 4) is 0 Å². The summed E-state index contributed by atoms with van der Waals surface area (Å²) >= 11 is 0. The highest BCUT2D eigenvalue weighted by molar-refractivity contribution is 5.18. The number of nitrogens with one attached hydrogen (secondary N) is 1. The van der Waals surface area contributed by atoms with Crippen molar-refractivity contribution in [3.63, 3.8) is 0 Å². The van der Waals surface area contributed by atoms with Gasteiger partial charge >= 0.3 is 0 Å². The van der Waals surface area contributed by atoms with Gasteiger partial charge in [0.2, 0.25) is 0 Å². The van der Waals surface area contributed by atoms with Crippen molar-refractivity contribution in [2.24, 2.45) is 5.92 Å². The molecule has 2 atom stereocenters. The minimum absolute atomic E-state index is 0.196. The van der Waals surface area contributed by atoms with Crippen molar-refractivity contribution < 1.29 is 9.47 Å². The first-order valence-electron chi connectivity index (χ1n) is 6.28. The molecule has 0 spiro atoms. The van der Waals surface area contributed by atoms with E-state index in [0.29, 0.717) is 19.1 Å². The zero-order valence-electron chi connectivity index (χ0n) is 10.4. The van der Waals surface area contributed by atoms with Crippen LogP contribution >= 0.6 is 0 Å². The summed E-state index contributed by atoms with van der Waals surface area (Å²) in [4.78, 5) is 0. The van der Waals surface area contributed by atoms with E-state index in [-0.39, 0.29) is 6.10 Å². The van der Waals surface area contributed by atoms with E-state index >= 15 is 0 Å². The molecule has 0 amide bonds. The second-order valence-corrected chi connectivity index (χ2v) is 4.45. The molecule has 1 aliphatic heterocycles. The van der Waals surface area contributed by atoms with E-state index in [4.69, 9.17) is 9.47 Å². The fraction of sp³-hybridized carbons (Fsp3) is 0.571. The molecule has 2 rings (SSSR count). The fourth-order valence-electron chi connectivity index (χ4n) is 2.34. The smallest absolute Gasteiger partial charge is 0.0866 e. The Bertz CT molecular complexity index is 309. The first kappa shape index (κ1) is 12.6. The maximum absolute atomic E-state index is 5.99. The Labute approximate surface area is 103 Å². The van der Waals surface area contributed by atoms with Crippen molar-refractivity contribution in [1.29, 1.82) is 0 Å². The topological polar surface area (TPSA) is 30.5 Å². The van der Waals surface area contributed by atoms with Crippen LogP contribution in [0.4, 0.5) is 0 Å². The Morgan fingerprint density at radius 1 is 1.29 bits per heavy atom. The van der Waals surface area contributed by atoms with Gasteiger partial charge in [-0.1, -0.05) is 30.3 Å². The number of rotatable bonds is 6. The molecule has 1 fully saturated rings. The predicted octanol–water partition coefficient (Wildman–Crippen LogP) is 2.00. The van der Waals surface area contributed by atoms with E-state index in [1.807, 2.05) is 6.07 Å². The maximum atomic E-state index is 5.99. The van der Waals surface area contributed by atoms with Crippen molar-refractivity contribution in [3.05, 3.63) is 35.9 Å². The average Bonchev–Trinajstić information content (AvgIpc) is 2.89. The van der Waals surface area contributed by atoms with Gasteiger partial charge in [0.25, 0.3) is 0 Å². The lowest BCUT2D eigenvalue weighted by atomic mass is 9.95. The highest BCUT2D eigenvalue weighted by Crippen LogP contribution is 2.30. The Balaban J connectivity index is 2.01. The summed E-state index contributed by atoms with van der Waals surface area (Å²) in [6, 6.07) is 10.5. The third kappa shape index (κ3) is 3.53. The molecule has 0 saturated carbocycles. The molecular weight excluding hydrogens is 214 g/mol. The SMILES string of the molecule is COCCOC(c1ccccc1)C1CCNC1. The Kier molecular flexibility index (Phi) is 4.98. The number of hydrogen-bond donors (Lipinski definition) is 1. The monoisotopic (exact) mass is 235 g/mol. The molecule has 2 unspecified atom stereocenters. The van der Waals surface area contributed by atoms with E-state index in [0.717, 1.165) is 13.1 Å². The molecule has 0 aromatic heterocycles. The molecule has 1 heterocycles. The standard InChI is InChI=1S/C14H21NO2/c1-16-9-10-17-14(13-7-8-15-11-13)12-5-3-2-4-6-12/h2-6,13-15H,7-11H2,1H3. The number of methoxy groups -OCH3 is 1. The molecule has 1 N–H and O–H groups in total. The third-order valence-electron chi connectivity index (χ3n) is 3.24. The summed E-state index contributed by atoms with van der Waals surface area (Å²) in [6.07, 6.45) is 1.38. The number of ether oxygens (including phenoxy) is 2. The molecule has 1 aromatic carbocycles. The van der Waals surface area contributed by atoms with Crippen LogP contribution in [0, 0.1) is 5.92 Å². The minimum Gasteiger partial charge on any atom is -0.382 e. The fourth-order valence-corrected chi connectivity index (χ4v) is 2.34. The Hall–Kier alpha value is -0.900. The Morgan fingerprint density at radius 3 is 2.76 bits per heavy atom. The van der Waals surface area contributed by atoms with E-state index in [2.05, 4.69) is 29.6 Å². The van der Waals surface area contributed by atoms with Crippen LogP contribution in [0.25, 0.3) is 0 Å². The van der Waals surface area contributed by atoms with Crippen LogP contribution in [0.15, 0.2) is 30.3 Å². The van der Waals surface area contributed by atoms with Crippen LogP contribution in [0.1, 0.15) is 18.1 Å². The quantitative estimate of drug-likeness (QED) is 0.765. The van der Waals surface area contributed by atoms with Crippen LogP contribution in [0.3, 0.4) is 0 Å². The largest absolute Gasteiger partial charge is 0.382 e. The maximum Gasteiger partial charge on any atom is 0.0866 e. The average molecular weight is 235 g/mol. The van der Waals surface area contributed by atoms with Gasteiger partial charge in [0.1, 0.15) is 0 Å². The molecular formula is C14H21NO2. The highest BCUT2D eigenvalue weighted by Gasteiger charge is 2.26. The van der Waals surface area contributed by atoms with Gasteiger partial charge in [-0.3, -0.25) is 0 Å². The molecule has 0 aliphatic carbocycles. The van der Waals surface area contributed by atoms with Crippen LogP contribution in [-0.4, -0.2) is 33.4 Å². The van der Waals surface area contributed by atoms with Crippen LogP contribution in [-0.2, 0) is 9.47 Å². The Morgan fingerprint density at radius 2 is 2.12 bits per heavy atom. The zero-order chi connectivity index (χ0) is 11.9. The molecule has 3 nitrogen and oxygen atoms in total. The van der Waals surface area contributed by atoms with E-state index in [1.165, 1.54) is 12.0 Å². The number of benzene rings is 1. The van der Waals surface area contributed by atoms with Crippen LogP contribution in [0.5, 0.6) is 0 Å². The molecule has 3 heteroatoms. The van der Waals surface area contributed by atoms with E-state index in [9.17, 15) is 0 Å². The molecule has 1 saturated heterocycles. The van der Waals surface area contributed by atoms with E-state index in [1.54, 1.807) is 7.11 Å². The van der Waals surface area contributed by atoms with E-state index < -0.39 is 0 Å². The molecule has 0 bridgehead atoms. The van der Waals surface area contributed by atoms with Crippen molar-refractivity contribution in [1.82, 2.24) is 5.32 Å². The predicted molar refractivity (Wildman–Crippen MR) is 68.0 cm³/mol. The first-order chi connectivity index (χ1) is 8.42. The van der Waals surface area contributed by atoms with Gasteiger partial charge in [-0.25, -0.2) is 0 Å². The molecule has 1 aromatic rings. The summed E-state index contributed by atoms with van der Waals surface area (Å²) in [7, 11) is 1.71. The first-order valence-corrected chi connectivity index (χ1v) is 6.28. The molecule has 0 radical (unpaired) electrons. The second-order valence-electron chi connectivity index (χ2n) is 4.45. The number of hydrogen-bond acceptors (Lipinski definition) is 3. The molecule has 17 heavy (non-hydrogen) atoms. The van der Waals surface area contributed by atoms with Crippen LogP contribution < -0.4 is 5.32 Å². The summed E-state index contributed by atoms with van der Waals surface area (Å²) in [5.74, 6) is 0.578. The van der Waals surface area contributed by atoms with Crippen molar-refractivity contribution in [2.75, 3.05) is 33.4 Å². The van der Waals surface area contributed by atoms with Crippen molar-refractivity contribution >= 4 is 0 Å². The molecule has 94 valence electrons. The van der Waals surface area contributed by atoms with Gasteiger partial charge in [-0.15, -0.1) is 0 Å². The third-order valence-corrected chi connectivity index (χ3v) is 3.24. The lowest BCUT2D eigenvalue weighted by molar-refractivity contribution is -0.0106. The van der Waals surface area contributed by atoms with Crippen molar-refractivity contribution in [2.45, 2.75) is 12.5 Å². The second kappa shape index (κ2) is 6.74. The summed E-state index contributed by atoms with van der Waals surface area (Å²) in [5, 5.41) is 3.40. The van der Waals surface area contributed by atoms with Gasteiger partial charge < -0.3 is 14.8 Å². The molecule has 1 aliphatic rings. The lowest BCUT2D eigenvalue weighted by Crippen LogP contribution is -2.20. The summed E-state index contributed by atoms with van der Waals surface area (Å²) in [5.41, 5.74) is 1.28. The highest BCUT2D eigenvalue weighted by atomic mass is 16.5. The van der Waals surface area contributed by atoms with Gasteiger partial charge in [-0.2, -0.15) is 0 Å².